The molecule has 1 aromatic carbocycles. The van der Waals surface area contributed by atoms with E-state index >= 15 is 0 Å². The van der Waals surface area contributed by atoms with Gasteiger partial charge >= 0.3 is 0 Å². The van der Waals surface area contributed by atoms with Crippen molar-refractivity contribution < 1.29 is 19.8 Å². The second kappa shape index (κ2) is 14.6. The maximum Gasteiger partial charge on any atom is 0.255 e. The normalized spacial score (nSPS) is 17.7. The van der Waals surface area contributed by atoms with E-state index in [4.69, 9.17) is 5.11 Å². The van der Waals surface area contributed by atoms with Crippen molar-refractivity contribution in [2.24, 2.45) is 5.92 Å². The van der Waals surface area contributed by atoms with Crippen LogP contribution in [0.2, 0.25) is 0 Å². The highest BCUT2D eigenvalue weighted by atomic mass is 16.3. The number of benzene rings is 1. The molecule has 0 radical (unpaired) electrons. The monoisotopic (exact) mass is 447 g/mol. The third-order valence-electron chi connectivity index (χ3n) is 5.16. The lowest BCUT2D eigenvalue weighted by molar-refractivity contribution is -0.120. The maximum absolute atomic E-state index is 12.4. The summed E-state index contributed by atoms with van der Waals surface area (Å²) in [6.07, 6.45) is 23.6. The van der Waals surface area contributed by atoms with Crippen molar-refractivity contribution in [3.63, 3.8) is 0 Å². The van der Waals surface area contributed by atoms with Crippen LogP contribution in [0, 0.1) is 5.92 Å². The lowest BCUT2D eigenvalue weighted by Crippen LogP contribution is -2.29. The van der Waals surface area contributed by atoms with Gasteiger partial charge in [0.1, 0.15) is 5.75 Å². The predicted molar refractivity (Wildman–Crippen MR) is 133 cm³/mol. The summed E-state index contributed by atoms with van der Waals surface area (Å²) in [5.41, 5.74) is 1.14. The Morgan fingerprint density at radius 2 is 1.73 bits per heavy atom. The SMILES string of the molecule is C[C@@H](C/C=C/C=C/C=C/CO)CC/C=C/C=C/C(=O)C1=C[C@H](Cc2ccc(O)cc2)NC1=O. The molecule has 0 fully saturated rings. The summed E-state index contributed by atoms with van der Waals surface area (Å²) in [6.45, 7) is 2.25. The van der Waals surface area contributed by atoms with E-state index in [0.717, 1.165) is 24.8 Å². The number of carbonyl (C=O) groups is 2. The summed E-state index contributed by atoms with van der Waals surface area (Å²) >= 11 is 0. The van der Waals surface area contributed by atoms with Gasteiger partial charge in [-0.1, -0.05) is 73.7 Å². The molecule has 1 amide bonds. The summed E-state index contributed by atoms with van der Waals surface area (Å²) < 4.78 is 0. The van der Waals surface area contributed by atoms with Crippen molar-refractivity contribution in [2.45, 2.75) is 38.6 Å². The molecule has 5 nitrogen and oxygen atoms in total. The van der Waals surface area contributed by atoms with Crippen molar-refractivity contribution in [1.82, 2.24) is 5.32 Å². The second-order valence-corrected chi connectivity index (χ2v) is 8.02. The molecule has 174 valence electrons. The largest absolute Gasteiger partial charge is 0.508 e. The molecule has 1 aromatic rings. The van der Waals surface area contributed by atoms with E-state index in [9.17, 15) is 14.7 Å². The predicted octanol–water partition coefficient (Wildman–Crippen LogP) is 4.51. The number of amides is 1. The molecule has 1 aliphatic heterocycles. The number of aromatic hydroxyl groups is 1. The van der Waals surface area contributed by atoms with Crippen molar-refractivity contribution in [3.05, 3.63) is 102 Å². The number of phenols is 1. The third kappa shape index (κ3) is 10.1. The van der Waals surface area contributed by atoms with Gasteiger partial charge in [-0.05, 0) is 61.4 Å². The molecule has 0 aromatic heterocycles. The number of ketones is 1. The number of aliphatic hydroxyl groups is 1. The van der Waals surface area contributed by atoms with Crippen LogP contribution in [0.5, 0.6) is 5.75 Å². The molecule has 0 spiro atoms. The van der Waals surface area contributed by atoms with Gasteiger partial charge in [-0.2, -0.15) is 0 Å². The minimum absolute atomic E-state index is 0.0533. The second-order valence-electron chi connectivity index (χ2n) is 8.02. The smallest absolute Gasteiger partial charge is 0.255 e. The topological polar surface area (TPSA) is 86.6 Å². The first kappa shape index (κ1) is 25.8. The van der Waals surface area contributed by atoms with Gasteiger partial charge in [0, 0.05) is 0 Å². The van der Waals surface area contributed by atoms with Gasteiger partial charge in [0.15, 0.2) is 5.78 Å². The van der Waals surface area contributed by atoms with Crippen molar-refractivity contribution >= 4 is 11.7 Å². The Kier molecular flexibility index (Phi) is 11.4. The highest BCUT2D eigenvalue weighted by molar-refractivity contribution is 6.24. The molecule has 5 heteroatoms. The van der Waals surface area contributed by atoms with Crippen LogP contribution in [-0.2, 0) is 16.0 Å². The van der Waals surface area contributed by atoms with Gasteiger partial charge in [0.05, 0.1) is 18.2 Å². The Bertz CT molecular complexity index is 949. The zero-order valence-corrected chi connectivity index (χ0v) is 19.1. The summed E-state index contributed by atoms with van der Waals surface area (Å²) in [5, 5.41) is 20.8. The number of aliphatic hydroxyl groups excluding tert-OH is 1. The third-order valence-corrected chi connectivity index (χ3v) is 5.16. The van der Waals surface area contributed by atoms with Gasteiger partial charge in [0.2, 0.25) is 0 Å². The van der Waals surface area contributed by atoms with Gasteiger partial charge < -0.3 is 15.5 Å². The van der Waals surface area contributed by atoms with E-state index in [0.29, 0.717) is 12.3 Å². The molecule has 1 heterocycles. The van der Waals surface area contributed by atoms with E-state index in [2.05, 4.69) is 18.3 Å². The van der Waals surface area contributed by atoms with Crippen LogP contribution >= 0.6 is 0 Å². The van der Waals surface area contributed by atoms with E-state index < -0.39 is 0 Å². The van der Waals surface area contributed by atoms with Gasteiger partial charge in [0.25, 0.3) is 5.91 Å². The molecule has 2 rings (SSSR count). The summed E-state index contributed by atoms with van der Waals surface area (Å²) in [4.78, 5) is 24.5. The first-order valence-corrected chi connectivity index (χ1v) is 11.3. The van der Waals surface area contributed by atoms with Crippen molar-refractivity contribution in [2.75, 3.05) is 6.61 Å². The molecule has 2 atom stereocenters. The molecule has 0 unspecified atom stereocenters. The Balaban J connectivity index is 1.71. The van der Waals surface area contributed by atoms with Crippen LogP contribution < -0.4 is 5.32 Å². The van der Waals surface area contributed by atoms with E-state index in [1.165, 1.54) is 6.08 Å². The fraction of sp³-hybridized carbons (Fsp3) is 0.286. The van der Waals surface area contributed by atoms with Crippen LogP contribution in [0.25, 0.3) is 0 Å². The molecule has 0 saturated heterocycles. The number of nitrogens with one attached hydrogen (secondary N) is 1. The van der Waals surface area contributed by atoms with Crippen LogP contribution in [0.3, 0.4) is 0 Å². The lowest BCUT2D eigenvalue weighted by atomic mass is 10.0. The number of allylic oxidation sites excluding steroid dienone is 9. The van der Waals surface area contributed by atoms with Crippen LogP contribution in [0.4, 0.5) is 0 Å². The van der Waals surface area contributed by atoms with E-state index in [-0.39, 0.29) is 35.7 Å². The highest BCUT2D eigenvalue weighted by Crippen LogP contribution is 2.16. The van der Waals surface area contributed by atoms with Crippen molar-refractivity contribution in [1.29, 1.82) is 0 Å². The lowest BCUT2D eigenvalue weighted by Gasteiger charge is -2.08. The number of rotatable bonds is 13. The van der Waals surface area contributed by atoms with Gasteiger partial charge in [-0.25, -0.2) is 0 Å². The molecular formula is C28H33NO4. The standard InChI is InChI=1S/C28H33NO4/c1-22(12-8-4-2-3-7-11-19-30)13-9-5-6-10-14-27(32)26-21-24(29-28(26)33)20-23-15-17-25(31)18-16-23/h2-8,10-11,14-18,21-22,24,30-31H,9,12-13,19-20H2,1H3,(H,29,33)/b3-2+,6-5+,8-4+,11-7+,14-10+/t22-,24-/m0/s1. The fourth-order valence-corrected chi connectivity index (χ4v) is 3.32. The first-order valence-electron chi connectivity index (χ1n) is 11.3. The number of carbonyl (C=O) groups excluding carboxylic acids is 2. The summed E-state index contributed by atoms with van der Waals surface area (Å²) in [7, 11) is 0. The zero-order valence-electron chi connectivity index (χ0n) is 19.1. The Morgan fingerprint density at radius 3 is 2.45 bits per heavy atom. The number of hydrogen-bond acceptors (Lipinski definition) is 4. The zero-order chi connectivity index (χ0) is 23.9. The fourth-order valence-electron chi connectivity index (χ4n) is 3.32. The average molecular weight is 448 g/mol. The van der Waals surface area contributed by atoms with Crippen molar-refractivity contribution in [3.8, 4) is 5.75 Å². The molecule has 3 N–H and O–H groups in total. The number of hydrogen-bond donors (Lipinski definition) is 3. The Hall–Kier alpha value is -3.44. The quantitative estimate of drug-likeness (QED) is 0.236. The van der Waals surface area contributed by atoms with Gasteiger partial charge in [-0.3, -0.25) is 9.59 Å². The molecule has 33 heavy (non-hydrogen) atoms. The minimum Gasteiger partial charge on any atom is -0.508 e. The molecule has 0 aliphatic carbocycles. The average Bonchev–Trinajstić information content (AvgIpc) is 3.17. The van der Waals surface area contributed by atoms with E-state index in [1.54, 1.807) is 42.5 Å². The summed E-state index contributed by atoms with van der Waals surface area (Å²) in [5.74, 6) is 0.0988. The molecular weight excluding hydrogens is 414 g/mol. The minimum atomic E-state index is -0.349. The molecule has 0 saturated carbocycles. The molecule has 0 bridgehead atoms. The van der Waals surface area contributed by atoms with Gasteiger partial charge in [-0.15, -0.1) is 0 Å². The maximum atomic E-state index is 12.4. The Morgan fingerprint density at radius 1 is 1.03 bits per heavy atom. The Labute approximate surface area is 196 Å². The highest BCUT2D eigenvalue weighted by Gasteiger charge is 2.26. The number of phenolic OH excluding ortho intramolecular Hbond substituents is 1. The first-order chi connectivity index (χ1) is 16.0. The molecule has 1 aliphatic rings. The van der Waals surface area contributed by atoms with E-state index in [1.807, 2.05) is 36.5 Å². The van der Waals surface area contributed by atoms with Crippen LogP contribution in [0.1, 0.15) is 31.7 Å². The van der Waals surface area contributed by atoms with Crippen LogP contribution in [-0.4, -0.2) is 34.6 Å². The van der Waals surface area contributed by atoms with Crippen LogP contribution in [0.15, 0.2) is 96.7 Å². The summed E-state index contributed by atoms with van der Waals surface area (Å²) in [6, 6.07) is 6.57.